The first-order valence-electron chi connectivity index (χ1n) is 12.7. The van der Waals surface area contributed by atoms with Crippen LogP contribution in [0.3, 0.4) is 0 Å². The third-order valence-corrected chi connectivity index (χ3v) is 11.1. The first-order valence-corrected chi connectivity index (χ1v) is 14.3. The van der Waals surface area contributed by atoms with Crippen LogP contribution >= 0.6 is 31.9 Å². The van der Waals surface area contributed by atoms with E-state index in [1.165, 1.54) is 98.0 Å². The van der Waals surface area contributed by atoms with Gasteiger partial charge in [-0.3, -0.25) is 0 Å². The van der Waals surface area contributed by atoms with Crippen LogP contribution in [0.2, 0.25) is 0 Å². The largest absolute Gasteiger partial charge is 0.0538 e. The van der Waals surface area contributed by atoms with E-state index in [9.17, 15) is 0 Å². The Balaban J connectivity index is 2.13. The highest BCUT2D eigenvalue weighted by atomic mass is 79.9. The third kappa shape index (κ3) is 4.84. The molecule has 0 aliphatic rings. The zero-order chi connectivity index (χ0) is 27.2. The lowest BCUT2D eigenvalue weighted by molar-refractivity contribution is 1.20. The van der Waals surface area contributed by atoms with E-state index in [4.69, 9.17) is 0 Å². The molecule has 0 nitrogen and oxygen atoms in total. The Kier molecular flexibility index (Phi) is 8.63. The van der Waals surface area contributed by atoms with Gasteiger partial charge in [-0.2, -0.15) is 0 Å². The molecule has 0 unspecified atom stereocenters. The van der Waals surface area contributed by atoms with E-state index < -0.39 is 0 Å². The van der Waals surface area contributed by atoms with Crippen LogP contribution in [0.25, 0.3) is 24.3 Å². The summed E-state index contributed by atoms with van der Waals surface area (Å²) in [7, 11) is 0. The van der Waals surface area contributed by atoms with Crippen molar-refractivity contribution in [2.45, 2.75) is 83.1 Å². The summed E-state index contributed by atoms with van der Waals surface area (Å²) in [5, 5.41) is 0. The molecule has 0 N–H and O–H groups in total. The molecule has 0 atom stereocenters. The molecule has 0 saturated heterocycles. The van der Waals surface area contributed by atoms with Crippen LogP contribution in [-0.4, -0.2) is 0 Å². The van der Waals surface area contributed by atoms with Crippen molar-refractivity contribution in [1.82, 2.24) is 0 Å². The summed E-state index contributed by atoms with van der Waals surface area (Å²) in [5.41, 5.74) is 21.4. The van der Waals surface area contributed by atoms with Crippen molar-refractivity contribution in [2.75, 3.05) is 0 Å². The minimum atomic E-state index is 1.23. The molecule has 0 radical (unpaired) electrons. The molecule has 3 aromatic rings. The molecule has 0 aromatic heterocycles. The molecule has 0 spiro atoms. The van der Waals surface area contributed by atoms with Crippen LogP contribution in [0, 0.1) is 83.1 Å². The molecule has 3 rings (SSSR count). The average molecular weight is 609 g/mol. The lowest BCUT2D eigenvalue weighted by atomic mass is 9.87. The van der Waals surface area contributed by atoms with E-state index >= 15 is 0 Å². The molecule has 0 bridgehead atoms. The highest BCUT2D eigenvalue weighted by Crippen LogP contribution is 2.35. The van der Waals surface area contributed by atoms with E-state index in [1.54, 1.807) is 0 Å². The fraction of sp³-hybridized carbons (Fsp3) is 0.353. The second-order valence-corrected chi connectivity index (χ2v) is 12.0. The summed E-state index contributed by atoms with van der Waals surface area (Å²) in [6, 6.07) is 0. The van der Waals surface area contributed by atoms with Gasteiger partial charge in [0, 0.05) is 8.95 Å². The molecular formula is C34H40Br2. The van der Waals surface area contributed by atoms with Crippen molar-refractivity contribution in [3.63, 3.8) is 0 Å². The zero-order valence-corrected chi connectivity index (χ0v) is 27.2. The van der Waals surface area contributed by atoms with Gasteiger partial charge in [0.2, 0.25) is 0 Å². The Hall–Kier alpha value is -1.90. The Morgan fingerprint density at radius 1 is 0.278 bits per heavy atom. The van der Waals surface area contributed by atoms with Crippen LogP contribution in [0.5, 0.6) is 0 Å². The van der Waals surface area contributed by atoms with Crippen molar-refractivity contribution in [3.05, 3.63) is 98.0 Å². The molecule has 2 heteroatoms. The number of rotatable bonds is 4. The summed E-state index contributed by atoms with van der Waals surface area (Å²) in [6.07, 6.45) is 9.30. The van der Waals surface area contributed by atoms with Crippen molar-refractivity contribution in [1.29, 1.82) is 0 Å². The molecule has 0 amide bonds. The zero-order valence-electron chi connectivity index (χ0n) is 24.1. The summed E-state index contributed by atoms with van der Waals surface area (Å²) < 4.78 is 2.46. The first kappa shape index (κ1) is 28.7. The maximum Gasteiger partial charge on any atom is 0.0239 e. The average Bonchev–Trinajstić information content (AvgIpc) is 2.86. The van der Waals surface area contributed by atoms with Gasteiger partial charge in [0.25, 0.3) is 0 Å². The molecule has 190 valence electrons. The molecular weight excluding hydrogens is 568 g/mol. The third-order valence-electron chi connectivity index (χ3n) is 8.76. The maximum absolute atomic E-state index is 3.78. The van der Waals surface area contributed by atoms with E-state index in [1.807, 2.05) is 0 Å². The number of hydrogen-bond donors (Lipinski definition) is 0. The van der Waals surface area contributed by atoms with Gasteiger partial charge in [0.1, 0.15) is 0 Å². The summed E-state index contributed by atoms with van der Waals surface area (Å²) in [4.78, 5) is 0. The smallest absolute Gasteiger partial charge is 0.0239 e. The van der Waals surface area contributed by atoms with E-state index in [0.29, 0.717) is 0 Å². The van der Waals surface area contributed by atoms with Crippen LogP contribution in [0.4, 0.5) is 0 Å². The normalized spacial score (nSPS) is 11.9. The predicted octanol–water partition coefficient (Wildman–Crippen LogP) is 11.3. The minimum absolute atomic E-state index is 1.23. The van der Waals surface area contributed by atoms with Gasteiger partial charge in [-0.15, -0.1) is 0 Å². The van der Waals surface area contributed by atoms with Gasteiger partial charge in [0.05, 0.1) is 0 Å². The van der Waals surface area contributed by atoms with Gasteiger partial charge in [-0.1, -0.05) is 56.2 Å². The molecule has 36 heavy (non-hydrogen) atoms. The Bertz CT molecular complexity index is 1250. The molecule has 0 saturated carbocycles. The number of hydrogen-bond acceptors (Lipinski definition) is 0. The highest BCUT2D eigenvalue weighted by Gasteiger charge is 2.15. The van der Waals surface area contributed by atoms with Gasteiger partial charge in [-0.25, -0.2) is 0 Å². The van der Waals surface area contributed by atoms with Crippen molar-refractivity contribution < 1.29 is 0 Å². The van der Waals surface area contributed by atoms with Crippen molar-refractivity contribution in [3.8, 4) is 0 Å². The standard InChI is InChI=1S/C34H40Br2/c1-17-18(2)30(14-16-32-23(7)27(11)34(36)28(12)24(32)8)20(4)19(3)29(17)13-15-31-21(5)25(9)33(35)26(10)22(31)6/h13-16H,1-12H3/b15-13+,16-14+. The monoisotopic (exact) mass is 606 g/mol. The minimum Gasteiger partial charge on any atom is -0.0538 e. The quantitative estimate of drug-likeness (QED) is 0.259. The van der Waals surface area contributed by atoms with Crippen LogP contribution in [-0.2, 0) is 0 Å². The van der Waals surface area contributed by atoms with Gasteiger partial charge < -0.3 is 0 Å². The highest BCUT2D eigenvalue weighted by molar-refractivity contribution is 9.10. The molecule has 0 heterocycles. The second kappa shape index (κ2) is 10.8. The Morgan fingerprint density at radius 3 is 0.583 bits per heavy atom. The van der Waals surface area contributed by atoms with E-state index in [0.717, 1.165) is 0 Å². The van der Waals surface area contributed by atoms with Gasteiger partial charge >= 0.3 is 0 Å². The molecule has 0 aliphatic carbocycles. The predicted molar refractivity (Wildman–Crippen MR) is 169 cm³/mol. The van der Waals surface area contributed by atoms with Crippen LogP contribution in [0.1, 0.15) is 89.0 Å². The summed E-state index contributed by atoms with van der Waals surface area (Å²) in [6.45, 7) is 26.8. The van der Waals surface area contributed by atoms with Gasteiger partial charge in [-0.05, 0) is 172 Å². The number of halogens is 2. The first-order chi connectivity index (χ1) is 16.7. The molecule has 3 aromatic carbocycles. The summed E-state index contributed by atoms with van der Waals surface area (Å²) >= 11 is 7.56. The fourth-order valence-corrected chi connectivity index (χ4v) is 6.48. The maximum atomic E-state index is 3.78. The SMILES string of the molecule is Cc1c(C)c(/C=C/c2c(C)c(C)c(/C=C/c3c(C)c(C)c(Br)c(C)c3C)c(C)c2C)c(C)c(C)c1Br. The van der Waals surface area contributed by atoms with E-state index in [-0.39, 0.29) is 0 Å². The summed E-state index contributed by atoms with van der Waals surface area (Å²) in [5.74, 6) is 0. The Morgan fingerprint density at radius 2 is 0.417 bits per heavy atom. The molecule has 0 fully saturated rings. The van der Waals surface area contributed by atoms with Gasteiger partial charge in [0.15, 0.2) is 0 Å². The second-order valence-electron chi connectivity index (χ2n) is 10.4. The Labute approximate surface area is 236 Å². The van der Waals surface area contributed by atoms with Crippen molar-refractivity contribution in [2.24, 2.45) is 0 Å². The lowest BCUT2D eigenvalue weighted by Gasteiger charge is -2.19. The number of benzene rings is 3. The lowest BCUT2D eigenvalue weighted by Crippen LogP contribution is -2.01. The van der Waals surface area contributed by atoms with Crippen molar-refractivity contribution >= 4 is 56.2 Å². The topological polar surface area (TPSA) is 0 Å². The van der Waals surface area contributed by atoms with E-state index in [2.05, 4.69) is 139 Å². The van der Waals surface area contributed by atoms with Crippen LogP contribution in [0.15, 0.2) is 8.95 Å². The van der Waals surface area contributed by atoms with Crippen LogP contribution < -0.4 is 0 Å². The molecule has 0 aliphatic heterocycles. The fourth-order valence-electron chi connectivity index (χ4n) is 5.30.